The van der Waals surface area contributed by atoms with Crippen LogP contribution in [0.15, 0.2) is 0 Å². The summed E-state index contributed by atoms with van der Waals surface area (Å²) in [5.74, 6) is 0. The van der Waals surface area contributed by atoms with Crippen molar-refractivity contribution >= 4 is 0 Å². The van der Waals surface area contributed by atoms with Crippen molar-refractivity contribution in [3.63, 3.8) is 0 Å². The van der Waals surface area contributed by atoms with Crippen molar-refractivity contribution in [2.45, 2.75) is 316 Å². The summed E-state index contributed by atoms with van der Waals surface area (Å²) in [4.78, 5) is 0. The maximum Gasteiger partial charge on any atom is 0.0843 e. The van der Waals surface area contributed by atoms with Crippen LogP contribution in [0.4, 0.5) is 0 Å². The van der Waals surface area contributed by atoms with Crippen LogP contribution < -0.4 is 0 Å². The average Bonchev–Trinajstić information content (AvgIpc) is 3.16. The van der Waals surface area contributed by atoms with E-state index in [0.717, 1.165) is 6.61 Å². The normalized spacial score (nSPS) is 13.5. The summed E-state index contributed by atoms with van der Waals surface area (Å²) in [6, 6.07) is 0. The van der Waals surface area contributed by atoms with Crippen LogP contribution in [0.2, 0.25) is 0 Å². The summed E-state index contributed by atoms with van der Waals surface area (Å²) in [5.41, 5.74) is 0. The first kappa shape index (κ1) is 52.9. The van der Waals surface area contributed by atoms with E-state index in [1.54, 1.807) is 0 Å². The second-order valence-corrected chi connectivity index (χ2v) is 17.6. The summed E-state index contributed by atoms with van der Waals surface area (Å²) >= 11 is 0. The fourth-order valence-corrected chi connectivity index (χ4v) is 8.06. The smallest absolute Gasteiger partial charge is 0.0843 e. The number of hydrogen-bond donors (Lipinski definition) is 0. The molecule has 0 aromatic heterocycles. The molecule has 0 rings (SSSR count). The maximum atomic E-state index is 6.65. The molecule has 3 unspecified atom stereocenters. The van der Waals surface area contributed by atoms with Crippen molar-refractivity contribution < 1.29 is 9.47 Å². The minimum Gasteiger partial charge on any atom is -0.376 e. The highest BCUT2D eigenvalue weighted by Crippen LogP contribution is 2.19. The highest BCUT2D eigenvalue weighted by molar-refractivity contribution is 4.79. The molecule has 0 aliphatic rings. The Labute approximate surface area is 337 Å². The number of ether oxygens (including phenoxy) is 2. The lowest BCUT2D eigenvalue weighted by Crippen LogP contribution is -2.27. The van der Waals surface area contributed by atoms with Gasteiger partial charge in [-0.05, 0) is 39.5 Å². The Bertz CT molecular complexity index is 634. The van der Waals surface area contributed by atoms with Gasteiger partial charge in [-0.25, -0.2) is 0 Å². The molecule has 0 amide bonds. The van der Waals surface area contributed by atoms with Gasteiger partial charge in [-0.2, -0.15) is 0 Å². The molecule has 0 fully saturated rings. The number of hydrogen-bond acceptors (Lipinski definition) is 2. The monoisotopic (exact) mass is 748 g/mol. The molecule has 0 saturated carbocycles. The third kappa shape index (κ3) is 44.5. The fraction of sp³-hybridized carbons (Fsp3) is 0.980. The lowest BCUT2D eigenvalue weighted by atomic mass is 10.0. The zero-order valence-corrected chi connectivity index (χ0v) is 37.8. The van der Waals surface area contributed by atoms with Crippen LogP contribution in [0, 0.1) is 6.42 Å². The number of rotatable bonds is 47. The van der Waals surface area contributed by atoms with E-state index in [-0.39, 0.29) is 6.10 Å². The van der Waals surface area contributed by atoms with Gasteiger partial charge in [-0.3, -0.25) is 0 Å². The third-order valence-corrected chi connectivity index (χ3v) is 11.9. The summed E-state index contributed by atoms with van der Waals surface area (Å²) in [6.07, 6.45) is 60.6. The second kappa shape index (κ2) is 46.3. The van der Waals surface area contributed by atoms with Gasteiger partial charge in [0, 0.05) is 0 Å². The summed E-state index contributed by atoms with van der Waals surface area (Å²) in [6.45, 7) is 12.3. The van der Waals surface area contributed by atoms with Gasteiger partial charge in [0.05, 0.1) is 24.9 Å². The van der Waals surface area contributed by atoms with Gasteiger partial charge < -0.3 is 9.47 Å². The van der Waals surface area contributed by atoms with E-state index in [0.29, 0.717) is 12.2 Å². The van der Waals surface area contributed by atoms with Crippen molar-refractivity contribution in [1.82, 2.24) is 0 Å². The Morgan fingerprint density at radius 2 is 0.585 bits per heavy atom. The lowest BCUT2D eigenvalue weighted by molar-refractivity contribution is -0.0579. The SMILES string of the molecule is CCCCCCCCCCCC[CH]C(COC(C)CCCCCCCCCCCCCCCC)OC(C)CCCCCCCCCCCCCCCC. The van der Waals surface area contributed by atoms with Gasteiger partial charge >= 0.3 is 0 Å². The van der Waals surface area contributed by atoms with Gasteiger partial charge in [-0.15, -0.1) is 0 Å². The highest BCUT2D eigenvalue weighted by Gasteiger charge is 2.16. The van der Waals surface area contributed by atoms with E-state index < -0.39 is 0 Å². The minimum absolute atomic E-state index is 0.147. The molecule has 0 aromatic rings. The van der Waals surface area contributed by atoms with Crippen molar-refractivity contribution in [3.8, 4) is 0 Å². The molecule has 3 atom stereocenters. The lowest BCUT2D eigenvalue weighted by Gasteiger charge is -2.24. The van der Waals surface area contributed by atoms with Crippen LogP contribution in [-0.4, -0.2) is 24.9 Å². The van der Waals surface area contributed by atoms with E-state index in [4.69, 9.17) is 9.47 Å². The molecule has 319 valence electrons. The van der Waals surface area contributed by atoms with Crippen molar-refractivity contribution in [2.75, 3.05) is 6.61 Å². The zero-order valence-electron chi connectivity index (χ0n) is 37.8. The Kier molecular flexibility index (Phi) is 46.2. The first-order valence-corrected chi connectivity index (χ1v) is 25.2. The van der Waals surface area contributed by atoms with Gasteiger partial charge in [0.2, 0.25) is 0 Å². The van der Waals surface area contributed by atoms with Crippen LogP contribution in [0.5, 0.6) is 0 Å². The fourth-order valence-electron chi connectivity index (χ4n) is 8.06. The van der Waals surface area contributed by atoms with Gasteiger partial charge in [0.1, 0.15) is 0 Å². The van der Waals surface area contributed by atoms with E-state index in [1.807, 2.05) is 0 Å². The summed E-state index contributed by atoms with van der Waals surface area (Å²) < 4.78 is 13.1. The predicted molar refractivity (Wildman–Crippen MR) is 240 cm³/mol. The summed E-state index contributed by atoms with van der Waals surface area (Å²) in [7, 11) is 0. The average molecular weight is 748 g/mol. The van der Waals surface area contributed by atoms with Crippen LogP contribution in [0.25, 0.3) is 0 Å². The molecular formula is C51H103O2. The molecular weight excluding hydrogens is 645 g/mol. The van der Waals surface area contributed by atoms with E-state index in [9.17, 15) is 0 Å². The van der Waals surface area contributed by atoms with Gasteiger partial charge in [0.15, 0.2) is 0 Å². The minimum atomic E-state index is 0.147. The maximum absolute atomic E-state index is 6.65. The van der Waals surface area contributed by atoms with E-state index >= 15 is 0 Å². The van der Waals surface area contributed by atoms with Crippen LogP contribution in [-0.2, 0) is 9.47 Å². The van der Waals surface area contributed by atoms with Crippen LogP contribution in [0.3, 0.4) is 0 Å². The zero-order chi connectivity index (χ0) is 38.6. The van der Waals surface area contributed by atoms with Crippen LogP contribution in [0.1, 0.15) is 298 Å². The number of unbranched alkanes of at least 4 members (excludes halogenated alkanes) is 36. The Morgan fingerprint density at radius 3 is 0.906 bits per heavy atom. The van der Waals surface area contributed by atoms with E-state index in [1.165, 1.54) is 263 Å². The highest BCUT2D eigenvalue weighted by atomic mass is 16.5. The molecule has 53 heavy (non-hydrogen) atoms. The molecule has 1 radical (unpaired) electrons. The summed E-state index contributed by atoms with van der Waals surface area (Å²) in [5, 5.41) is 0. The molecule has 0 spiro atoms. The molecule has 0 heterocycles. The standard InChI is InChI=1S/C51H103O2/c1-6-9-12-15-18-21-24-26-28-31-33-36-39-42-45-49(4)52-48-51(47-44-41-38-35-30-23-20-17-14-11-8-3)53-50(5)46-43-40-37-34-32-29-27-25-22-19-16-13-10-7-2/h47,49-51H,6-46,48H2,1-5H3. The molecule has 0 aromatic carbocycles. The Morgan fingerprint density at radius 1 is 0.321 bits per heavy atom. The van der Waals surface area contributed by atoms with Gasteiger partial charge in [-0.1, -0.05) is 265 Å². The van der Waals surface area contributed by atoms with Crippen LogP contribution >= 0.6 is 0 Å². The molecule has 0 aliphatic carbocycles. The Balaban J connectivity index is 4.13. The topological polar surface area (TPSA) is 18.5 Å². The molecule has 2 nitrogen and oxygen atoms in total. The quantitative estimate of drug-likeness (QED) is 0.0577. The van der Waals surface area contributed by atoms with Gasteiger partial charge in [0.25, 0.3) is 0 Å². The molecule has 0 N–H and O–H groups in total. The molecule has 2 heteroatoms. The molecule has 0 aliphatic heterocycles. The molecule has 0 bridgehead atoms. The van der Waals surface area contributed by atoms with Crippen molar-refractivity contribution in [1.29, 1.82) is 0 Å². The second-order valence-electron chi connectivity index (χ2n) is 17.6. The molecule has 0 saturated heterocycles. The van der Waals surface area contributed by atoms with E-state index in [2.05, 4.69) is 41.0 Å². The first-order valence-electron chi connectivity index (χ1n) is 25.2. The first-order chi connectivity index (χ1) is 26.1. The predicted octanol–water partition coefficient (Wildman–Crippen LogP) is 18.4. The largest absolute Gasteiger partial charge is 0.376 e. The van der Waals surface area contributed by atoms with Crippen molar-refractivity contribution in [2.24, 2.45) is 0 Å². The Hall–Kier alpha value is -0.0800. The third-order valence-electron chi connectivity index (χ3n) is 11.9. The van der Waals surface area contributed by atoms with Crippen molar-refractivity contribution in [3.05, 3.63) is 6.42 Å².